The molecule has 0 aromatic heterocycles. The molecule has 582 valence electrons. The van der Waals surface area contributed by atoms with E-state index >= 15 is 0 Å². The molecular formula is C72H150MoO18P6. The van der Waals surface area contributed by atoms with Crippen LogP contribution in [0.25, 0.3) is 0 Å². The first-order valence-corrected chi connectivity index (χ1v) is 45.8. The third-order valence-corrected chi connectivity index (χ3v) is 18.5. The van der Waals surface area contributed by atoms with Crippen molar-refractivity contribution in [2.45, 2.75) is 427 Å². The fourth-order valence-corrected chi connectivity index (χ4v) is 12.0. The van der Waals surface area contributed by atoms with E-state index in [0.29, 0.717) is 39.6 Å². The van der Waals surface area contributed by atoms with Crippen LogP contribution in [0.4, 0.5) is 0 Å². The second-order valence-electron chi connectivity index (χ2n) is 25.4. The van der Waals surface area contributed by atoms with Gasteiger partial charge in [0.05, 0.1) is 0 Å². The monoisotopic (exact) mass is 1590 g/mol. The van der Waals surface area contributed by atoms with Crippen LogP contribution in [0.3, 0.4) is 0 Å². The van der Waals surface area contributed by atoms with Gasteiger partial charge in [0.1, 0.15) is 39.6 Å². The molecule has 0 fully saturated rings. The van der Waals surface area contributed by atoms with Gasteiger partial charge >= 0.3 is 49.5 Å². The van der Waals surface area contributed by atoms with E-state index in [9.17, 15) is 56.8 Å². The summed E-state index contributed by atoms with van der Waals surface area (Å²) >= 11 is 0. The molecule has 0 aliphatic carbocycles. The molecule has 0 N–H and O–H groups in total. The van der Waals surface area contributed by atoms with E-state index in [0.717, 1.165) is 77.0 Å². The number of rotatable bonds is 72. The molecule has 0 amide bonds. The Balaban J connectivity index is -0.000000200. The number of hydrogen-bond acceptors (Lipinski definition) is 18. The van der Waals surface area contributed by atoms with Crippen LogP contribution in [-0.2, 0) is 75.6 Å². The molecule has 0 saturated heterocycles. The molecule has 0 aliphatic heterocycles. The molecule has 6 unspecified atom stereocenters. The van der Waals surface area contributed by atoms with Gasteiger partial charge in [-0.3, -0.25) is 0 Å². The molecule has 0 saturated carbocycles. The minimum absolute atomic E-state index is 0. The van der Waals surface area contributed by atoms with Crippen LogP contribution >= 0.6 is 49.5 Å². The predicted molar refractivity (Wildman–Crippen MR) is 392 cm³/mol. The number of unbranched alkanes of at least 4 members (excludes halogenated alkanes) is 54. The van der Waals surface area contributed by atoms with Crippen molar-refractivity contribution in [2.24, 2.45) is 0 Å². The zero-order chi connectivity index (χ0) is 72.4. The summed E-state index contributed by atoms with van der Waals surface area (Å²) < 4.78 is 87.3. The van der Waals surface area contributed by atoms with Crippen LogP contribution in [0.15, 0.2) is 0 Å². The Morgan fingerprint density at radius 1 is 0.155 bits per heavy atom. The summed E-state index contributed by atoms with van der Waals surface area (Å²) in [6.45, 7) is 15.5. The second-order valence-corrected chi connectivity index (χ2v) is 29.7. The molecule has 25 heteroatoms. The van der Waals surface area contributed by atoms with Crippen molar-refractivity contribution >= 4 is 49.5 Å². The fraction of sp³-hybridized carbons (Fsp3) is 1.00. The Hall–Kier alpha value is 0.808. The summed E-state index contributed by atoms with van der Waals surface area (Å²) in [4.78, 5) is 60.4. The van der Waals surface area contributed by atoms with Gasteiger partial charge in [-0.15, -0.1) is 27.1 Å². The van der Waals surface area contributed by atoms with E-state index in [2.05, 4.69) is 68.7 Å². The van der Waals surface area contributed by atoms with E-state index in [1.165, 1.54) is 308 Å². The van der Waals surface area contributed by atoms with Gasteiger partial charge in [-0.2, -0.15) is 0 Å². The van der Waals surface area contributed by atoms with Crippen LogP contribution in [0.2, 0.25) is 0 Å². The summed E-state index contributed by atoms with van der Waals surface area (Å²) in [5.41, 5.74) is 0. The first-order valence-electron chi connectivity index (χ1n) is 39.3. The van der Waals surface area contributed by atoms with Crippen molar-refractivity contribution in [3.8, 4) is 0 Å². The van der Waals surface area contributed by atoms with Crippen LogP contribution in [0.5, 0.6) is 0 Å². The number of hydrogen-bond donors (Lipinski definition) is 0. The van der Waals surface area contributed by atoms with E-state index in [1.807, 2.05) is 0 Å². The Bertz CT molecular complexity index is 1260. The molecular weight excluding hydrogens is 1430 g/mol. The predicted octanol–water partition coefficient (Wildman–Crippen LogP) is 23.6. The Labute approximate surface area is 617 Å². The van der Waals surface area contributed by atoms with Crippen LogP contribution in [0, 0.1) is 0 Å². The minimum Gasteiger partial charge on any atom is -0.566 e. The minimum atomic E-state index is -2.64. The van der Waals surface area contributed by atoms with Crippen molar-refractivity contribution < 1.29 is 105 Å². The van der Waals surface area contributed by atoms with Gasteiger partial charge < -0.3 is 29.4 Å². The maximum absolute atomic E-state index is 10.1. The van der Waals surface area contributed by atoms with Gasteiger partial charge in [-0.1, -0.05) is 388 Å². The zero-order valence-electron chi connectivity index (χ0n) is 63.1. The molecule has 18 nitrogen and oxygen atoms in total. The smallest absolute Gasteiger partial charge is 0.488 e. The molecule has 97 heavy (non-hydrogen) atoms. The van der Waals surface area contributed by atoms with Crippen molar-refractivity contribution in [2.75, 3.05) is 39.6 Å². The largest absolute Gasteiger partial charge is 0.566 e. The SMILES string of the molecule is CCCCCCCCCCCCO[P+](=O)[O-].CCCCCCCCCCCCO[P+](=O)[O-].CCCCCCCCCCCCO[P+](=O)[O-].CCCCCCCCCCCCO[P+](=O)[O-].CCCCCCCCCCCCO[P+](=O)[O-].CCCCCCCCCCCCO[P+](=O)[O-].[Mo]. The van der Waals surface area contributed by atoms with Gasteiger partial charge in [-0.05, 0) is 65.9 Å². The van der Waals surface area contributed by atoms with Crippen LogP contribution in [-0.4, -0.2) is 39.6 Å². The second kappa shape index (κ2) is 108. The Kier molecular flexibility index (Phi) is 123. The van der Waals surface area contributed by atoms with E-state index in [-0.39, 0.29) is 21.1 Å². The molecule has 0 aliphatic rings. The molecule has 6 atom stereocenters. The van der Waals surface area contributed by atoms with Gasteiger partial charge in [0, 0.05) is 21.1 Å². The zero-order valence-corrected chi connectivity index (χ0v) is 70.5. The Morgan fingerprint density at radius 2 is 0.227 bits per heavy atom. The summed E-state index contributed by atoms with van der Waals surface area (Å²) in [6.07, 6.45) is 75.0. The van der Waals surface area contributed by atoms with Crippen LogP contribution in [0.1, 0.15) is 427 Å². The molecule has 0 aromatic rings. The molecule has 0 bridgehead atoms. The van der Waals surface area contributed by atoms with Gasteiger partial charge in [0.15, 0.2) is 0 Å². The Morgan fingerprint density at radius 3 is 0.299 bits per heavy atom. The molecule has 0 radical (unpaired) electrons. The average molecular weight is 1590 g/mol. The normalized spacial score (nSPS) is 11.6. The maximum atomic E-state index is 10.1. The van der Waals surface area contributed by atoms with Gasteiger partial charge in [0.2, 0.25) is 0 Å². The third kappa shape index (κ3) is 140. The van der Waals surface area contributed by atoms with E-state index in [4.69, 9.17) is 0 Å². The van der Waals surface area contributed by atoms with Crippen molar-refractivity contribution in [1.29, 1.82) is 0 Å². The first-order chi connectivity index (χ1) is 46.6. The van der Waals surface area contributed by atoms with Crippen molar-refractivity contribution in [1.82, 2.24) is 0 Å². The summed E-state index contributed by atoms with van der Waals surface area (Å²) in [6, 6.07) is 0. The van der Waals surface area contributed by atoms with Crippen molar-refractivity contribution in [3.05, 3.63) is 0 Å². The topological polar surface area (TPSA) is 296 Å². The van der Waals surface area contributed by atoms with Crippen molar-refractivity contribution in [3.63, 3.8) is 0 Å². The summed E-state index contributed by atoms with van der Waals surface area (Å²) in [5.74, 6) is 0. The standard InChI is InChI=1S/6C12H25O3P.Mo/c6*1-2-3-4-5-6-7-8-9-10-11-12-15-16(13)14;/h6*2-12H2,1H3;. The van der Waals surface area contributed by atoms with E-state index in [1.54, 1.807) is 0 Å². The van der Waals surface area contributed by atoms with Gasteiger partial charge in [-0.25, -0.2) is 0 Å². The molecule has 0 heterocycles. The quantitative estimate of drug-likeness (QED) is 0.0310. The van der Waals surface area contributed by atoms with E-state index < -0.39 is 49.5 Å². The summed E-state index contributed by atoms with van der Waals surface area (Å²) in [5, 5.41) is 0. The van der Waals surface area contributed by atoms with Gasteiger partial charge in [0.25, 0.3) is 0 Å². The van der Waals surface area contributed by atoms with Crippen LogP contribution < -0.4 is 29.4 Å². The molecule has 0 aromatic carbocycles. The average Bonchev–Trinajstić information content (AvgIpc) is 3.59. The first kappa shape index (κ1) is 111. The maximum Gasteiger partial charge on any atom is 0.488 e. The molecule has 0 spiro atoms. The molecule has 0 rings (SSSR count). The third-order valence-electron chi connectivity index (χ3n) is 16.2. The summed E-state index contributed by atoms with van der Waals surface area (Å²) in [7, 11) is -15.8. The fourth-order valence-electron chi connectivity index (χ4n) is 10.4.